The van der Waals surface area contributed by atoms with Crippen molar-refractivity contribution in [1.82, 2.24) is 9.88 Å². The van der Waals surface area contributed by atoms with Crippen molar-refractivity contribution in [3.05, 3.63) is 22.8 Å². The van der Waals surface area contributed by atoms with Crippen LogP contribution in [0.2, 0.25) is 5.15 Å². The topological polar surface area (TPSA) is 82.5 Å². The van der Waals surface area contributed by atoms with Crippen LogP contribution in [0.25, 0.3) is 0 Å². The highest BCUT2D eigenvalue weighted by Crippen LogP contribution is 2.16. The number of hydrogen-bond acceptors (Lipinski definition) is 4. The van der Waals surface area contributed by atoms with E-state index in [2.05, 4.69) is 10.3 Å². The fourth-order valence-corrected chi connectivity index (χ4v) is 2.40. The van der Waals surface area contributed by atoms with Gasteiger partial charge in [0.1, 0.15) is 17.0 Å². The van der Waals surface area contributed by atoms with Crippen LogP contribution in [0.3, 0.4) is 0 Å². The molecule has 2 N–H and O–H groups in total. The molecule has 6 nitrogen and oxygen atoms in total. The van der Waals surface area contributed by atoms with E-state index in [-0.39, 0.29) is 22.4 Å². The summed E-state index contributed by atoms with van der Waals surface area (Å²) in [4.78, 5) is 28.9. The minimum absolute atomic E-state index is 0.0128. The molecule has 20 heavy (non-hydrogen) atoms. The third kappa shape index (κ3) is 3.39. The average Bonchev–Trinajstić information content (AvgIpc) is 2.90. The van der Waals surface area contributed by atoms with Crippen molar-refractivity contribution >= 4 is 29.3 Å². The van der Waals surface area contributed by atoms with E-state index < -0.39 is 12.0 Å². The molecule has 108 valence electrons. The normalized spacial score (nSPS) is 16.0. The van der Waals surface area contributed by atoms with Gasteiger partial charge in [0.25, 0.3) is 0 Å². The molecule has 0 spiro atoms. The first kappa shape index (κ1) is 14.6. The van der Waals surface area contributed by atoms with Crippen molar-refractivity contribution in [2.75, 3.05) is 18.4 Å². The lowest BCUT2D eigenvalue weighted by atomic mass is 10.2. The number of nitrogens with one attached hydrogen (secondary N) is 1. The van der Waals surface area contributed by atoms with E-state index in [1.807, 2.05) is 0 Å². The Morgan fingerprint density at radius 2 is 2.05 bits per heavy atom. The molecule has 0 bridgehead atoms. The summed E-state index contributed by atoms with van der Waals surface area (Å²) in [5.74, 6) is -0.813. The summed E-state index contributed by atoms with van der Waals surface area (Å²) in [6.07, 6.45) is 2.05. The Morgan fingerprint density at radius 1 is 1.40 bits per heavy atom. The average molecular weight is 298 g/mol. The number of nitrogens with zero attached hydrogens (tertiary/aromatic N) is 2. The molecule has 2 rings (SSSR count). The van der Waals surface area contributed by atoms with Crippen LogP contribution in [-0.2, 0) is 4.79 Å². The zero-order valence-electron chi connectivity index (χ0n) is 11.1. The maximum absolute atomic E-state index is 12.1. The number of carbonyl (C=O) groups excluding carboxylic acids is 1. The molecule has 1 aromatic rings. The number of amides is 1. The second-order valence-corrected chi connectivity index (χ2v) is 5.15. The maximum Gasteiger partial charge on any atom is 0.335 e. The lowest BCUT2D eigenvalue weighted by Crippen LogP contribution is -2.39. The van der Waals surface area contributed by atoms with Crippen LogP contribution in [0.5, 0.6) is 0 Å². The summed E-state index contributed by atoms with van der Waals surface area (Å²) in [7, 11) is 0. The summed E-state index contributed by atoms with van der Waals surface area (Å²) < 4.78 is 0. The van der Waals surface area contributed by atoms with Crippen molar-refractivity contribution in [3.63, 3.8) is 0 Å². The highest BCUT2D eigenvalue weighted by atomic mass is 35.5. The standard InChI is InChI=1S/C13H16ClN3O3/c1-8(12(18)17-4-2-3-5-17)15-11-7-9(13(19)20)6-10(14)16-11/h6-8H,2-5H2,1H3,(H,15,16)(H,19,20). The molecule has 0 aromatic carbocycles. The predicted octanol–water partition coefficient (Wildman–Crippen LogP) is 1.86. The van der Waals surface area contributed by atoms with Gasteiger partial charge in [0.15, 0.2) is 0 Å². The Balaban J connectivity index is 2.08. The van der Waals surface area contributed by atoms with E-state index in [0.717, 1.165) is 25.9 Å². The first-order valence-electron chi connectivity index (χ1n) is 6.43. The van der Waals surface area contributed by atoms with Crippen molar-refractivity contribution in [1.29, 1.82) is 0 Å². The van der Waals surface area contributed by atoms with Gasteiger partial charge in [-0.15, -0.1) is 0 Å². The van der Waals surface area contributed by atoms with Crippen molar-refractivity contribution < 1.29 is 14.7 Å². The molecule has 0 saturated carbocycles. The zero-order valence-corrected chi connectivity index (χ0v) is 11.9. The van der Waals surface area contributed by atoms with Gasteiger partial charge < -0.3 is 15.3 Å². The van der Waals surface area contributed by atoms with Crippen LogP contribution in [0, 0.1) is 0 Å². The molecule has 0 aliphatic carbocycles. The van der Waals surface area contributed by atoms with Crippen LogP contribution in [0.1, 0.15) is 30.1 Å². The highest BCUT2D eigenvalue weighted by molar-refractivity contribution is 6.29. The van der Waals surface area contributed by atoms with Gasteiger partial charge in [-0.2, -0.15) is 0 Å². The van der Waals surface area contributed by atoms with Crippen molar-refractivity contribution in [3.8, 4) is 0 Å². The van der Waals surface area contributed by atoms with Gasteiger partial charge in [-0.25, -0.2) is 9.78 Å². The van der Waals surface area contributed by atoms with Crippen molar-refractivity contribution in [2.24, 2.45) is 0 Å². The molecular formula is C13H16ClN3O3. The second-order valence-electron chi connectivity index (χ2n) is 4.77. The number of aromatic carboxylic acids is 1. The number of carboxylic acids is 1. The highest BCUT2D eigenvalue weighted by Gasteiger charge is 2.23. The Hall–Kier alpha value is -1.82. The number of hydrogen-bond donors (Lipinski definition) is 2. The minimum Gasteiger partial charge on any atom is -0.478 e. The van der Waals surface area contributed by atoms with E-state index in [0.29, 0.717) is 0 Å². The summed E-state index contributed by atoms with van der Waals surface area (Å²) in [5, 5.41) is 11.9. The third-order valence-electron chi connectivity index (χ3n) is 3.19. The van der Waals surface area contributed by atoms with E-state index in [4.69, 9.17) is 16.7 Å². The molecule has 1 unspecified atom stereocenters. The Bertz CT molecular complexity index is 530. The molecule has 1 amide bonds. The molecule has 1 fully saturated rings. The fraction of sp³-hybridized carbons (Fsp3) is 0.462. The number of pyridine rings is 1. The minimum atomic E-state index is -1.09. The van der Waals surface area contributed by atoms with Gasteiger partial charge in [-0.3, -0.25) is 4.79 Å². The van der Waals surface area contributed by atoms with E-state index in [1.165, 1.54) is 12.1 Å². The first-order chi connectivity index (χ1) is 9.47. The summed E-state index contributed by atoms with van der Waals surface area (Å²) >= 11 is 5.77. The molecule has 1 atom stereocenters. The predicted molar refractivity (Wildman–Crippen MR) is 75.1 cm³/mol. The third-order valence-corrected chi connectivity index (χ3v) is 3.39. The summed E-state index contributed by atoms with van der Waals surface area (Å²) in [5.41, 5.74) is 0.0355. The maximum atomic E-state index is 12.1. The number of aromatic nitrogens is 1. The first-order valence-corrected chi connectivity index (χ1v) is 6.81. The molecule has 1 saturated heterocycles. The fourth-order valence-electron chi connectivity index (χ4n) is 2.19. The largest absolute Gasteiger partial charge is 0.478 e. The molecule has 0 radical (unpaired) electrons. The van der Waals surface area contributed by atoms with Crippen LogP contribution < -0.4 is 5.32 Å². The molecule has 1 aliphatic heterocycles. The second kappa shape index (κ2) is 6.09. The lowest BCUT2D eigenvalue weighted by Gasteiger charge is -2.21. The quantitative estimate of drug-likeness (QED) is 0.829. The number of carbonyl (C=O) groups is 2. The summed E-state index contributed by atoms with van der Waals surface area (Å²) in [6, 6.07) is 2.16. The Morgan fingerprint density at radius 3 is 2.65 bits per heavy atom. The molecule has 1 aromatic heterocycles. The van der Waals surface area contributed by atoms with E-state index in [1.54, 1.807) is 11.8 Å². The van der Waals surface area contributed by atoms with Gasteiger partial charge in [-0.1, -0.05) is 11.6 Å². The molecule has 7 heteroatoms. The molecular weight excluding hydrogens is 282 g/mol. The van der Waals surface area contributed by atoms with Crippen molar-refractivity contribution in [2.45, 2.75) is 25.8 Å². The van der Waals surface area contributed by atoms with E-state index >= 15 is 0 Å². The van der Waals surface area contributed by atoms with Gasteiger partial charge >= 0.3 is 5.97 Å². The number of anilines is 1. The number of halogens is 1. The number of carboxylic acid groups (broad SMARTS) is 1. The van der Waals surface area contributed by atoms with Crippen LogP contribution in [0.4, 0.5) is 5.82 Å². The number of likely N-dealkylation sites (tertiary alicyclic amines) is 1. The molecule has 2 heterocycles. The Labute approximate surface area is 121 Å². The van der Waals surface area contributed by atoms with Gasteiger partial charge in [0.05, 0.1) is 5.56 Å². The summed E-state index contributed by atoms with van der Waals surface area (Å²) in [6.45, 7) is 3.27. The molecule has 1 aliphatic rings. The zero-order chi connectivity index (χ0) is 14.7. The monoisotopic (exact) mass is 297 g/mol. The van der Waals surface area contributed by atoms with Crippen LogP contribution >= 0.6 is 11.6 Å². The van der Waals surface area contributed by atoms with Gasteiger partial charge in [-0.05, 0) is 31.9 Å². The Kier molecular flexibility index (Phi) is 4.44. The van der Waals surface area contributed by atoms with Crippen LogP contribution in [0.15, 0.2) is 12.1 Å². The van der Waals surface area contributed by atoms with Gasteiger partial charge in [0.2, 0.25) is 5.91 Å². The lowest BCUT2D eigenvalue weighted by molar-refractivity contribution is -0.130. The van der Waals surface area contributed by atoms with E-state index in [9.17, 15) is 9.59 Å². The van der Waals surface area contributed by atoms with Crippen LogP contribution in [-0.4, -0.2) is 46.0 Å². The number of rotatable bonds is 4. The SMILES string of the molecule is CC(Nc1cc(C(=O)O)cc(Cl)n1)C(=O)N1CCCC1. The van der Waals surface area contributed by atoms with Gasteiger partial charge in [0, 0.05) is 13.1 Å². The smallest absolute Gasteiger partial charge is 0.335 e.